The molecule has 3 N–H and O–H groups in total. The number of hydrogen-bond donors (Lipinski definition) is 3. The number of aliphatic hydroxyl groups excluding tert-OH is 1. The molecule has 356 valence electrons. The van der Waals surface area contributed by atoms with Gasteiger partial charge in [-0.15, -0.1) is 0 Å². The van der Waals surface area contributed by atoms with Crippen LogP contribution in [0, 0.1) is 0 Å². The van der Waals surface area contributed by atoms with E-state index in [0.29, 0.717) is 67.5 Å². The van der Waals surface area contributed by atoms with Gasteiger partial charge in [-0.25, -0.2) is 9.97 Å². The number of aromatic nitrogens is 2. The highest BCUT2D eigenvalue weighted by Gasteiger charge is 2.29. The van der Waals surface area contributed by atoms with Crippen molar-refractivity contribution in [1.82, 2.24) is 25.5 Å². The van der Waals surface area contributed by atoms with Crippen LogP contribution in [0.1, 0.15) is 73.9 Å². The van der Waals surface area contributed by atoms with Gasteiger partial charge < -0.3 is 30.1 Å². The van der Waals surface area contributed by atoms with Crippen LogP contribution in [0.5, 0.6) is 0 Å². The summed E-state index contributed by atoms with van der Waals surface area (Å²) < 4.78 is 11.0. The van der Waals surface area contributed by atoms with Gasteiger partial charge in [-0.1, -0.05) is 132 Å². The molecule has 0 aliphatic heterocycles. The van der Waals surface area contributed by atoms with Crippen molar-refractivity contribution in [2.45, 2.75) is 88.8 Å². The van der Waals surface area contributed by atoms with Crippen molar-refractivity contribution >= 4 is 80.8 Å². The van der Waals surface area contributed by atoms with Crippen LogP contribution in [0.2, 0.25) is 20.1 Å². The first-order valence-electron chi connectivity index (χ1n) is 22.9. The second kappa shape index (κ2) is 24.7. The third-order valence-electron chi connectivity index (χ3n) is 12.5. The minimum Gasteiger partial charge on any atom is -0.393 e. The minimum absolute atomic E-state index is 0.133. The van der Waals surface area contributed by atoms with Crippen LogP contribution in [-0.4, -0.2) is 82.5 Å². The van der Waals surface area contributed by atoms with Crippen molar-refractivity contribution < 1.29 is 14.6 Å². The molecular weight excluding hydrogens is 973 g/mol. The highest BCUT2D eigenvalue weighted by atomic mass is 35.5. The Bertz CT molecular complexity index is 2650. The molecule has 2 aliphatic rings. The fourth-order valence-electron chi connectivity index (χ4n) is 9.06. The van der Waals surface area contributed by atoms with E-state index in [4.69, 9.17) is 90.3 Å². The summed E-state index contributed by atoms with van der Waals surface area (Å²) in [4.78, 5) is 13.7. The summed E-state index contributed by atoms with van der Waals surface area (Å²) in [6, 6.07) is 36.0. The molecule has 0 bridgehead atoms. The van der Waals surface area contributed by atoms with Gasteiger partial charge in [-0.2, -0.15) is 0 Å². The number of benzene rings is 4. The summed E-state index contributed by atoms with van der Waals surface area (Å²) >= 11 is 36.4. The fourth-order valence-corrected chi connectivity index (χ4v) is 10.2. The lowest BCUT2D eigenvalue weighted by molar-refractivity contribution is 0.117. The summed E-state index contributed by atoms with van der Waals surface area (Å²) in [6.07, 6.45) is 7.92. The Morgan fingerprint density at radius 1 is 0.618 bits per heavy atom. The number of hydrogen-bond acceptors (Lipinski definition) is 8. The van der Waals surface area contributed by atoms with Crippen LogP contribution >= 0.6 is 70.8 Å². The van der Waals surface area contributed by atoms with Crippen molar-refractivity contribution in [2.24, 2.45) is 0 Å². The number of likely N-dealkylation sites (N-methyl/N-ethyl adjacent to an activating group) is 1. The van der Waals surface area contributed by atoms with E-state index >= 15 is 0 Å². The average Bonchev–Trinajstić information content (AvgIpc) is 3.33. The van der Waals surface area contributed by atoms with Gasteiger partial charge in [0, 0.05) is 85.8 Å². The Kier molecular flexibility index (Phi) is 18.8. The molecule has 0 radical (unpaired) electrons. The van der Waals surface area contributed by atoms with E-state index in [0.717, 1.165) is 87.3 Å². The van der Waals surface area contributed by atoms with Crippen LogP contribution in [0.15, 0.2) is 109 Å². The molecule has 6 aromatic rings. The molecule has 8 rings (SSSR count). The van der Waals surface area contributed by atoms with Gasteiger partial charge in [0.2, 0.25) is 0 Å². The molecule has 0 amide bonds. The number of thiocarbonyl (C=S) groups is 2. The first-order valence-corrected chi connectivity index (χ1v) is 25.2. The lowest BCUT2D eigenvalue weighted by atomic mass is 9.89. The number of nitrogens with zero attached hydrogens (tertiary/aromatic N) is 3. The average molecular weight is 1030 g/mol. The SMILES string of the molecule is COCc1cc(-c2ccc(Cl)cc2)c(-c2ccc(Cl)cc2)nc1C(=S)NC1CCCC(O)C1.COCc1nc(-c2ccc(Cl)cc2)c(-c2ccc(Cl)cc2)cc1C(=S)NC1CCCCC1N(C)C. The third kappa shape index (κ3) is 13.4. The number of aliphatic hydroxyl groups is 1. The summed E-state index contributed by atoms with van der Waals surface area (Å²) in [5.41, 5.74) is 10.8. The van der Waals surface area contributed by atoms with Gasteiger partial charge in [0.25, 0.3) is 0 Å². The molecule has 8 nitrogen and oxygen atoms in total. The van der Waals surface area contributed by atoms with Crippen molar-refractivity contribution in [3.63, 3.8) is 0 Å². The number of rotatable bonds is 13. The molecule has 0 spiro atoms. The predicted molar refractivity (Wildman–Crippen MR) is 289 cm³/mol. The van der Waals surface area contributed by atoms with Gasteiger partial charge in [-0.05, 0) is 124 Å². The smallest absolute Gasteiger partial charge is 0.125 e. The zero-order valence-electron chi connectivity index (χ0n) is 38.7. The molecular formula is C54H57Cl4N5O3S2. The quantitative estimate of drug-likeness (QED) is 0.0972. The van der Waals surface area contributed by atoms with E-state index in [9.17, 15) is 5.11 Å². The zero-order chi connectivity index (χ0) is 48.3. The summed E-state index contributed by atoms with van der Waals surface area (Å²) in [7, 11) is 7.63. The Morgan fingerprint density at radius 2 is 1.12 bits per heavy atom. The lowest BCUT2D eigenvalue weighted by Crippen LogP contribution is -2.51. The van der Waals surface area contributed by atoms with Crippen LogP contribution in [0.4, 0.5) is 0 Å². The lowest BCUT2D eigenvalue weighted by Gasteiger charge is -2.37. The van der Waals surface area contributed by atoms with Crippen LogP contribution < -0.4 is 10.6 Å². The van der Waals surface area contributed by atoms with Gasteiger partial charge >= 0.3 is 0 Å². The van der Waals surface area contributed by atoms with E-state index in [1.165, 1.54) is 19.3 Å². The van der Waals surface area contributed by atoms with Crippen molar-refractivity contribution in [3.8, 4) is 44.8 Å². The summed E-state index contributed by atoms with van der Waals surface area (Å²) in [6.45, 7) is 0.735. The highest BCUT2D eigenvalue weighted by Crippen LogP contribution is 2.36. The van der Waals surface area contributed by atoms with Crippen molar-refractivity contribution in [2.75, 3.05) is 28.3 Å². The molecule has 2 saturated carbocycles. The second-order valence-electron chi connectivity index (χ2n) is 17.6. The number of pyridine rings is 2. The van der Waals surface area contributed by atoms with Crippen LogP contribution in [-0.2, 0) is 22.7 Å². The summed E-state index contributed by atoms with van der Waals surface area (Å²) in [5.74, 6) is 0. The number of methoxy groups -OCH3 is 2. The first kappa shape index (κ1) is 51.8. The Balaban J connectivity index is 0.000000202. The van der Waals surface area contributed by atoms with Gasteiger partial charge in [0.1, 0.15) is 15.7 Å². The molecule has 2 aromatic heterocycles. The first-order chi connectivity index (χ1) is 32.8. The maximum atomic E-state index is 10.1. The molecule has 2 heterocycles. The second-order valence-corrected chi connectivity index (χ2v) is 20.1. The third-order valence-corrected chi connectivity index (χ3v) is 14.1. The number of nitrogens with one attached hydrogen (secondary N) is 2. The molecule has 4 aromatic carbocycles. The maximum absolute atomic E-state index is 10.1. The molecule has 2 fully saturated rings. The van der Waals surface area contributed by atoms with E-state index in [2.05, 4.69) is 41.8 Å². The Labute approximate surface area is 431 Å². The summed E-state index contributed by atoms with van der Waals surface area (Å²) in [5, 5.41) is 19.9. The molecule has 4 atom stereocenters. The van der Waals surface area contributed by atoms with Crippen LogP contribution in [0.25, 0.3) is 44.8 Å². The molecule has 68 heavy (non-hydrogen) atoms. The zero-order valence-corrected chi connectivity index (χ0v) is 43.4. The van der Waals surface area contributed by atoms with Gasteiger partial charge in [0.15, 0.2) is 0 Å². The predicted octanol–water partition coefficient (Wildman–Crippen LogP) is 13.4. The standard InChI is InChI=1S/C28H31Cl2N3OS.C26H26Cl2N2O2S/c1-33(2)26-7-5-4-6-24(26)32-28(35)23-16-22(18-8-12-20(29)13-9-18)27(31-25(23)17-34-3)19-10-14-21(30)15-11-19;1-32-15-18-13-23(16-5-9-19(27)10-6-16)24(17-7-11-20(28)12-8-17)30-25(18)26(33)29-21-3-2-4-22(31)14-21/h8-16,24,26H,4-7,17H2,1-3H3,(H,32,35);5-13,21-22,31H,2-4,14-15H2,1H3,(H,29,33). The van der Waals surface area contributed by atoms with E-state index < -0.39 is 0 Å². The topological polar surface area (TPSA) is 91.8 Å². The van der Waals surface area contributed by atoms with E-state index in [1.54, 1.807) is 14.2 Å². The van der Waals surface area contributed by atoms with Gasteiger partial charge in [-0.3, -0.25) is 0 Å². The number of halogens is 4. The highest BCUT2D eigenvalue weighted by molar-refractivity contribution is 7.81. The Morgan fingerprint density at radius 3 is 1.63 bits per heavy atom. The van der Waals surface area contributed by atoms with Crippen molar-refractivity contribution in [1.29, 1.82) is 0 Å². The normalized spacial score (nSPS) is 18.1. The minimum atomic E-state index is -0.289. The van der Waals surface area contributed by atoms with Gasteiger partial charge in [0.05, 0.1) is 36.4 Å². The molecule has 14 heteroatoms. The Hall–Kier alpha value is -4.04. The van der Waals surface area contributed by atoms with E-state index in [-0.39, 0.29) is 12.1 Å². The number of ether oxygens (including phenoxy) is 2. The largest absolute Gasteiger partial charge is 0.393 e. The van der Waals surface area contributed by atoms with Crippen LogP contribution in [0.3, 0.4) is 0 Å². The molecule has 0 saturated heterocycles. The monoisotopic (exact) mass is 1030 g/mol. The fraction of sp³-hybridized carbons (Fsp3) is 0.333. The van der Waals surface area contributed by atoms with E-state index in [1.807, 2.05) is 97.1 Å². The molecule has 2 aliphatic carbocycles. The van der Waals surface area contributed by atoms with Crippen molar-refractivity contribution in [3.05, 3.63) is 152 Å². The maximum Gasteiger partial charge on any atom is 0.125 e. The molecule has 4 unspecified atom stereocenters.